The predicted octanol–water partition coefficient (Wildman–Crippen LogP) is 4.96. The number of aryl methyl sites for hydroxylation is 1. The van der Waals surface area contributed by atoms with Crippen LogP contribution in [0.25, 0.3) is 0 Å². The highest BCUT2D eigenvalue weighted by molar-refractivity contribution is 7.93. The van der Waals surface area contributed by atoms with Crippen molar-refractivity contribution in [2.75, 3.05) is 4.72 Å². The summed E-state index contributed by atoms with van der Waals surface area (Å²) in [5, 5.41) is 0.0665. The Morgan fingerprint density at radius 3 is 2.17 bits per heavy atom. The van der Waals surface area contributed by atoms with Crippen LogP contribution in [0.2, 0.25) is 5.02 Å². The maximum absolute atomic E-state index is 12.9. The van der Waals surface area contributed by atoms with Gasteiger partial charge >= 0.3 is 21.7 Å². The van der Waals surface area contributed by atoms with Gasteiger partial charge in [0.2, 0.25) is 11.4 Å². The SMILES string of the molecule is CC(c1cc(Cl)ccc1NS(=O)(=O)C(F)(F)F)=[N+](N)c1ccc(C(F)(F)F)cc1C. The first kappa shape index (κ1) is 23.8. The number of hydrazine groups is 1. The number of hydrogen-bond donors (Lipinski definition) is 2. The molecule has 0 saturated carbocycles. The molecule has 0 amide bonds. The number of sulfonamides is 1. The third kappa shape index (κ3) is 4.98. The second-order valence-corrected chi connectivity index (χ2v) is 8.31. The minimum absolute atomic E-state index is 0.0280. The fourth-order valence-electron chi connectivity index (χ4n) is 2.52. The minimum atomic E-state index is -5.73. The van der Waals surface area contributed by atoms with Crippen molar-refractivity contribution >= 4 is 38.7 Å². The number of nitrogens with two attached hydrogens (primary N) is 1. The number of nitrogens with zero attached hydrogens (tertiary/aromatic N) is 1. The topological polar surface area (TPSA) is 75.2 Å². The number of alkyl halides is 6. The minimum Gasteiger partial charge on any atom is -0.275 e. The van der Waals surface area contributed by atoms with E-state index >= 15 is 0 Å². The Kier molecular flexibility index (Phi) is 6.34. The van der Waals surface area contributed by atoms with E-state index < -0.39 is 33.0 Å². The largest absolute Gasteiger partial charge is 0.516 e. The van der Waals surface area contributed by atoms with Crippen LogP contribution in [0.5, 0.6) is 0 Å². The van der Waals surface area contributed by atoms with Crippen LogP contribution in [0.3, 0.4) is 0 Å². The zero-order valence-corrected chi connectivity index (χ0v) is 16.9. The van der Waals surface area contributed by atoms with E-state index in [4.69, 9.17) is 17.4 Å². The molecular weight excluding hydrogens is 460 g/mol. The molecule has 164 valence electrons. The van der Waals surface area contributed by atoms with Gasteiger partial charge in [0.1, 0.15) is 0 Å². The van der Waals surface area contributed by atoms with Crippen LogP contribution in [0.4, 0.5) is 37.7 Å². The van der Waals surface area contributed by atoms with Gasteiger partial charge in [-0.3, -0.25) is 4.72 Å². The molecule has 0 heterocycles. The van der Waals surface area contributed by atoms with Crippen molar-refractivity contribution in [2.24, 2.45) is 5.84 Å². The van der Waals surface area contributed by atoms with Gasteiger partial charge in [-0.05, 0) is 37.3 Å². The van der Waals surface area contributed by atoms with Gasteiger partial charge in [0.25, 0.3) is 0 Å². The number of hydrogen-bond acceptors (Lipinski definition) is 3. The molecule has 0 aliphatic heterocycles. The molecule has 0 radical (unpaired) electrons. The number of halogens is 7. The van der Waals surface area contributed by atoms with Gasteiger partial charge in [-0.15, -0.1) is 0 Å². The fraction of sp³-hybridized carbons (Fsp3) is 0.235. The Bertz CT molecular complexity index is 1110. The molecule has 0 saturated heterocycles. The number of anilines is 1. The average Bonchev–Trinajstić information content (AvgIpc) is 2.60. The molecule has 30 heavy (non-hydrogen) atoms. The van der Waals surface area contributed by atoms with E-state index in [0.29, 0.717) is 0 Å². The molecule has 2 aromatic rings. The molecule has 0 atom stereocenters. The second-order valence-electron chi connectivity index (χ2n) is 6.20. The maximum Gasteiger partial charge on any atom is 0.516 e. The molecule has 5 nitrogen and oxygen atoms in total. The number of benzene rings is 2. The van der Waals surface area contributed by atoms with Crippen molar-refractivity contribution in [3.8, 4) is 0 Å². The van der Waals surface area contributed by atoms with Crippen molar-refractivity contribution in [1.82, 2.24) is 0 Å². The summed E-state index contributed by atoms with van der Waals surface area (Å²) in [5.74, 6) is 5.97. The van der Waals surface area contributed by atoms with Crippen LogP contribution in [0, 0.1) is 6.92 Å². The van der Waals surface area contributed by atoms with Gasteiger partial charge < -0.3 is 0 Å². The third-order valence-corrected chi connectivity index (χ3v) is 5.40. The monoisotopic (exact) mass is 474 g/mol. The number of rotatable bonds is 4. The molecule has 0 aliphatic rings. The van der Waals surface area contributed by atoms with Gasteiger partial charge in [0.05, 0.1) is 16.8 Å². The lowest BCUT2D eigenvalue weighted by atomic mass is 10.1. The van der Waals surface area contributed by atoms with Gasteiger partial charge in [-0.1, -0.05) is 16.3 Å². The molecule has 0 aromatic heterocycles. The van der Waals surface area contributed by atoms with Gasteiger partial charge in [0, 0.05) is 23.6 Å². The summed E-state index contributed by atoms with van der Waals surface area (Å²) >= 11 is 5.88. The molecule has 0 fully saturated rings. The summed E-state index contributed by atoms with van der Waals surface area (Å²) in [7, 11) is -5.73. The van der Waals surface area contributed by atoms with Gasteiger partial charge in [0.15, 0.2) is 0 Å². The summed E-state index contributed by atoms with van der Waals surface area (Å²) in [6, 6.07) is 6.08. The molecular formula is C17H15ClF6N3O2S+. The lowest BCUT2D eigenvalue weighted by Crippen LogP contribution is -2.31. The summed E-state index contributed by atoms with van der Waals surface area (Å²) in [6.45, 7) is 2.71. The normalized spacial score (nSPS) is 13.8. The fourth-order valence-corrected chi connectivity index (χ4v) is 3.28. The van der Waals surface area contributed by atoms with E-state index in [1.54, 1.807) is 0 Å². The first-order chi connectivity index (χ1) is 13.5. The molecule has 13 heteroatoms. The zero-order valence-electron chi connectivity index (χ0n) is 15.4. The lowest BCUT2D eigenvalue weighted by Gasteiger charge is -2.14. The Labute approximate surface area is 172 Å². The van der Waals surface area contributed by atoms with Crippen molar-refractivity contribution < 1.29 is 39.4 Å². The van der Waals surface area contributed by atoms with Crippen LogP contribution < -0.4 is 10.6 Å². The first-order valence-corrected chi connectivity index (χ1v) is 9.86. The third-order valence-electron chi connectivity index (χ3n) is 4.07. The molecule has 2 rings (SSSR count). The van der Waals surface area contributed by atoms with Crippen molar-refractivity contribution in [3.63, 3.8) is 0 Å². The zero-order chi connectivity index (χ0) is 23.1. The van der Waals surface area contributed by atoms with Crippen molar-refractivity contribution in [2.45, 2.75) is 25.5 Å². The highest BCUT2D eigenvalue weighted by atomic mass is 35.5. The Morgan fingerprint density at radius 2 is 1.67 bits per heavy atom. The van der Waals surface area contributed by atoms with E-state index in [1.165, 1.54) is 24.6 Å². The van der Waals surface area contributed by atoms with Crippen molar-refractivity contribution in [3.05, 3.63) is 58.1 Å². The van der Waals surface area contributed by atoms with E-state index in [0.717, 1.165) is 35.0 Å². The Morgan fingerprint density at radius 1 is 1.07 bits per heavy atom. The quantitative estimate of drug-likeness (QED) is 0.216. The van der Waals surface area contributed by atoms with Crippen LogP contribution in [-0.4, -0.2) is 24.3 Å². The molecule has 0 unspecified atom stereocenters. The smallest absolute Gasteiger partial charge is 0.275 e. The van der Waals surface area contributed by atoms with E-state index in [1.807, 2.05) is 0 Å². The second kappa shape index (κ2) is 7.99. The molecule has 0 spiro atoms. The number of hydrazone groups is 1. The highest BCUT2D eigenvalue weighted by Crippen LogP contribution is 2.33. The molecule has 2 aromatic carbocycles. The first-order valence-electron chi connectivity index (χ1n) is 8.00. The van der Waals surface area contributed by atoms with E-state index in [9.17, 15) is 34.8 Å². The maximum atomic E-state index is 12.9. The summed E-state index contributed by atoms with van der Waals surface area (Å²) < 4.78 is 102. The Hall–Kier alpha value is -2.47. The standard InChI is InChI=1S/C17H14ClF6N3O2S/c1-9-7-11(16(19,20)21)3-6-15(9)27(25)10(2)13-8-12(18)4-5-14(13)26-30(28,29)17(22,23)24/h3-8H,25H2,1-2H3/p+1. The van der Waals surface area contributed by atoms with Crippen LogP contribution >= 0.6 is 11.6 Å². The summed E-state index contributed by atoms with van der Waals surface area (Å²) in [6.07, 6.45) is -4.57. The van der Waals surface area contributed by atoms with E-state index in [2.05, 4.69) is 0 Å². The van der Waals surface area contributed by atoms with E-state index in [-0.39, 0.29) is 27.5 Å². The molecule has 0 aliphatic carbocycles. The average molecular weight is 475 g/mol. The molecule has 3 N–H and O–H groups in total. The predicted molar refractivity (Wildman–Crippen MR) is 100 cm³/mol. The number of nitrogens with one attached hydrogen (secondary N) is 1. The van der Waals surface area contributed by atoms with Crippen LogP contribution in [0.1, 0.15) is 23.6 Å². The highest BCUT2D eigenvalue weighted by Gasteiger charge is 2.46. The van der Waals surface area contributed by atoms with Crippen LogP contribution in [-0.2, 0) is 16.2 Å². The lowest BCUT2D eigenvalue weighted by molar-refractivity contribution is -0.452. The van der Waals surface area contributed by atoms with Crippen molar-refractivity contribution in [1.29, 1.82) is 0 Å². The van der Waals surface area contributed by atoms with Gasteiger partial charge in [-0.2, -0.15) is 34.8 Å². The van der Waals surface area contributed by atoms with Crippen LogP contribution in [0.15, 0.2) is 36.4 Å². The van der Waals surface area contributed by atoms with Gasteiger partial charge in [-0.25, -0.2) is 5.84 Å². The summed E-state index contributed by atoms with van der Waals surface area (Å²) in [4.78, 5) is 0. The summed E-state index contributed by atoms with van der Waals surface area (Å²) in [5.41, 5.74) is -6.76. The molecule has 0 bridgehead atoms. The Balaban J connectivity index is 2.61.